The SMILES string of the molecule is C1=C(c2ccccc2)CCN(C2=CCCCC2)C1. The van der Waals surface area contributed by atoms with Crippen molar-refractivity contribution in [1.82, 2.24) is 4.90 Å². The summed E-state index contributed by atoms with van der Waals surface area (Å²) in [6, 6.07) is 10.8. The molecule has 0 saturated carbocycles. The molecule has 0 spiro atoms. The number of allylic oxidation sites excluding steroid dienone is 2. The van der Waals surface area contributed by atoms with Gasteiger partial charge < -0.3 is 4.90 Å². The van der Waals surface area contributed by atoms with Crippen LogP contribution in [0.4, 0.5) is 0 Å². The van der Waals surface area contributed by atoms with Crippen LogP contribution in [0, 0.1) is 0 Å². The molecule has 1 aromatic carbocycles. The van der Waals surface area contributed by atoms with Gasteiger partial charge >= 0.3 is 0 Å². The summed E-state index contributed by atoms with van der Waals surface area (Å²) in [5, 5.41) is 0. The molecule has 0 atom stereocenters. The number of hydrogen-bond acceptors (Lipinski definition) is 1. The highest BCUT2D eigenvalue weighted by Crippen LogP contribution is 2.27. The van der Waals surface area contributed by atoms with Crippen LogP contribution in [0.1, 0.15) is 37.7 Å². The first-order valence-electron chi connectivity index (χ1n) is 7.12. The predicted octanol–water partition coefficient (Wildman–Crippen LogP) is 4.23. The maximum absolute atomic E-state index is 2.56. The summed E-state index contributed by atoms with van der Waals surface area (Å²) in [5.74, 6) is 0. The van der Waals surface area contributed by atoms with Crippen molar-refractivity contribution in [1.29, 1.82) is 0 Å². The van der Waals surface area contributed by atoms with Crippen molar-refractivity contribution in [2.24, 2.45) is 0 Å². The Morgan fingerprint density at radius 1 is 0.889 bits per heavy atom. The van der Waals surface area contributed by atoms with E-state index in [2.05, 4.69) is 47.4 Å². The van der Waals surface area contributed by atoms with Gasteiger partial charge in [0.1, 0.15) is 0 Å². The summed E-state index contributed by atoms with van der Waals surface area (Å²) in [5.41, 5.74) is 4.50. The molecule has 94 valence electrons. The molecule has 0 radical (unpaired) electrons. The molecule has 1 aliphatic heterocycles. The maximum atomic E-state index is 2.56. The van der Waals surface area contributed by atoms with Crippen LogP contribution in [0.2, 0.25) is 0 Å². The summed E-state index contributed by atoms with van der Waals surface area (Å²) in [4.78, 5) is 2.56. The molecule has 1 aliphatic carbocycles. The van der Waals surface area contributed by atoms with Gasteiger partial charge in [-0.1, -0.05) is 42.5 Å². The zero-order valence-corrected chi connectivity index (χ0v) is 10.9. The van der Waals surface area contributed by atoms with Gasteiger partial charge in [-0.25, -0.2) is 0 Å². The monoisotopic (exact) mass is 239 g/mol. The van der Waals surface area contributed by atoms with Gasteiger partial charge in [0.25, 0.3) is 0 Å². The molecule has 0 N–H and O–H groups in total. The lowest BCUT2D eigenvalue weighted by molar-refractivity contribution is 0.353. The van der Waals surface area contributed by atoms with E-state index in [1.165, 1.54) is 49.8 Å². The first-order valence-corrected chi connectivity index (χ1v) is 7.12. The van der Waals surface area contributed by atoms with Gasteiger partial charge in [-0.3, -0.25) is 0 Å². The van der Waals surface area contributed by atoms with E-state index in [-0.39, 0.29) is 0 Å². The van der Waals surface area contributed by atoms with Crippen LogP contribution in [0.5, 0.6) is 0 Å². The van der Waals surface area contributed by atoms with E-state index in [0.717, 1.165) is 6.54 Å². The summed E-state index contributed by atoms with van der Waals surface area (Å²) < 4.78 is 0. The fourth-order valence-electron chi connectivity index (χ4n) is 2.95. The average Bonchev–Trinajstić information content (AvgIpc) is 2.49. The average molecular weight is 239 g/mol. The fraction of sp³-hybridized carbons (Fsp3) is 0.412. The molecule has 1 heterocycles. The second kappa shape index (κ2) is 5.43. The molecule has 0 amide bonds. The van der Waals surface area contributed by atoms with E-state index in [0.29, 0.717) is 0 Å². The Morgan fingerprint density at radius 3 is 2.44 bits per heavy atom. The molecule has 0 fully saturated rings. The van der Waals surface area contributed by atoms with Crippen molar-refractivity contribution < 1.29 is 0 Å². The number of nitrogens with zero attached hydrogens (tertiary/aromatic N) is 1. The molecule has 2 aliphatic rings. The Kier molecular flexibility index (Phi) is 3.49. The fourth-order valence-corrected chi connectivity index (χ4v) is 2.95. The quantitative estimate of drug-likeness (QED) is 0.746. The van der Waals surface area contributed by atoms with E-state index >= 15 is 0 Å². The molecule has 0 bridgehead atoms. The zero-order valence-electron chi connectivity index (χ0n) is 10.9. The van der Waals surface area contributed by atoms with Gasteiger partial charge in [0.05, 0.1) is 0 Å². The molecular formula is C17H21N. The van der Waals surface area contributed by atoms with Gasteiger partial charge in [-0.15, -0.1) is 0 Å². The number of rotatable bonds is 2. The van der Waals surface area contributed by atoms with Crippen molar-refractivity contribution in [3.63, 3.8) is 0 Å². The van der Waals surface area contributed by atoms with Gasteiger partial charge in [-0.05, 0) is 43.2 Å². The maximum Gasteiger partial charge on any atom is 0.0362 e. The number of benzene rings is 1. The molecule has 0 saturated heterocycles. The highest BCUT2D eigenvalue weighted by atomic mass is 15.1. The van der Waals surface area contributed by atoms with Crippen LogP contribution in [-0.2, 0) is 0 Å². The Morgan fingerprint density at radius 2 is 1.78 bits per heavy atom. The molecule has 1 heteroatoms. The van der Waals surface area contributed by atoms with Gasteiger partial charge in [0, 0.05) is 18.8 Å². The van der Waals surface area contributed by atoms with E-state index in [1.807, 2.05) is 0 Å². The van der Waals surface area contributed by atoms with E-state index in [1.54, 1.807) is 5.70 Å². The Labute approximate surface area is 110 Å². The smallest absolute Gasteiger partial charge is 0.0362 e. The molecule has 18 heavy (non-hydrogen) atoms. The van der Waals surface area contributed by atoms with Crippen LogP contribution in [0.25, 0.3) is 5.57 Å². The van der Waals surface area contributed by atoms with Crippen molar-refractivity contribution in [2.45, 2.75) is 32.1 Å². The van der Waals surface area contributed by atoms with Crippen molar-refractivity contribution >= 4 is 5.57 Å². The lowest BCUT2D eigenvalue weighted by Gasteiger charge is -2.32. The van der Waals surface area contributed by atoms with Crippen molar-refractivity contribution in [3.05, 3.63) is 53.7 Å². The second-order valence-electron chi connectivity index (χ2n) is 5.23. The third-order valence-electron chi connectivity index (χ3n) is 4.03. The lowest BCUT2D eigenvalue weighted by atomic mass is 9.97. The summed E-state index contributed by atoms with van der Waals surface area (Å²) in [6.45, 7) is 2.28. The molecule has 1 aromatic rings. The van der Waals surface area contributed by atoms with Gasteiger partial charge in [0.2, 0.25) is 0 Å². The minimum Gasteiger partial charge on any atom is -0.371 e. The van der Waals surface area contributed by atoms with Crippen molar-refractivity contribution in [3.8, 4) is 0 Å². The van der Waals surface area contributed by atoms with Crippen LogP contribution in [0.15, 0.2) is 48.2 Å². The van der Waals surface area contributed by atoms with E-state index in [4.69, 9.17) is 0 Å². The predicted molar refractivity (Wildman–Crippen MR) is 77.2 cm³/mol. The minimum absolute atomic E-state index is 1.09. The van der Waals surface area contributed by atoms with E-state index in [9.17, 15) is 0 Å². The highest BCUT2D eigenvalue weighted by Gasteiger charge is 2.16. The Balaban J connectivity index is 1.70. The molecule has 3 rings (SSSR count). The van der Waals surface area contributed by atoms with Gasteiger partial charge in [0.15, 0.2) is 0 Å². The molecule has 0 aromatic heterocycles. The third-order valence-corrected chi connectivity index (χ3v) is 4.03. The summed E-state index contributed by atoms with van der Waals surface area (Å²) in [6.07, 6.45) is 11.4. The topological polar surface area (TPSA) is 3.24 Å². The van der Waals surface area contributed by atoms with Crippen LogP contribution in [0.3, 0.4) is 0 Å². The third kappa shape index (κ3) is 2.50. The normalized spacial score (nSPS) is 20.3. The van der Waals surface area contributed by atoms with Crippen LogP contribution >= 0.6 is 0 Å². The van der Waals surface area contributed by atoms with Crippen molar-refractivity contribution in [2.75, 3.05) is 13.1 Å². The summed E-state index contributed by atoms with van der Waals surface area (Å²) in [7, 11) is 0. The Bertz CT molecular complexity index is 456. The van der Waals surface area contributed by atoms with E-state index < -0.39 is 0 Å². The minimum atomic E-state index is 1.09. The standard InChI is InChI=1S/C17H21N/c1-3-7-15(8-4-1)16-11-13-18(14-12-16)17-9-5-2-6-10-17/h1,3-4,7-9,11H,2,5-6,10,12-14H2. The highest BCUT2D eigenvalue weighted by molar-refractivity contribution is 5.66. The molecule has 0 unspecified atom stereocenters. The summed E-state index contributed by atoms with van der Waals surface area (Å²) >= 11 is 0. The second-order valence-corrected chi connectivity index (χ2v) is 5.23. The lowest BCUT2D eigenvalue weighted by Crippen LogP contribution is -2.28. The number of hydrogen-bond donors (Lipinski definition) is 0. The molecular weight excluding hydrogens is 218 g/mol. The first kappa shape index (κ1) is 11.6. The Hall–Kier alpha value is -1.50. The molecule has 1 nitrogen and oxygen atoms in total. The van der Waals surface area contributed by atoms with Crippen LogP contribution in [-0.4, -0.2) is 18.0 Å². The zero-order chi connectivity index (χ0) is 12.2. The largest absolute Gasteiger partial charge is 0.371 e. The first-order chi connectivity index (χ1) is 8.93. The van der Waals surface area contributed by atoms with Gasteiger partial charge in [-0.2, -0.15) is 0 Å². The van der Waals surface area contributed by atoms with Crippen LogP contribution < -0.4 is 0 Å².